The van der Waals surface area contributed by atoms with Crippen molar-refractivity contribution in [2.75, 3.05) is 6.61 Å². The van der Waals surface area contributed by atoms with Gasteiger partial charge in [0.05, 0.1) is 12.2 Å². The largest absolute Gasteiger partial charge is 0.373 e. The Morgan fingerprint density at radius 1 is 1.06 bits per heavy atom. The fraction of sp³-hybridized carbons (Fsp3) is 0.533. The SMILES string of the molecule is CCCCCCCOOC(=O)c1ccc(C)cc1. The molecule has 1 aromatic rings. The highest BCUT2D eigenvalue weighted by molar-refractivity contribution is 5.88. The summed E-state index contributed by atoms with van der Waals surface area (Å²) in [6.07, 6.45) is 5.75. The van der Waals surface area contributed by atoms with E-state index in [0.717, 1.165) is 18.4 Å². The van der Waals surface area contributed by atoms with Crippen LogP contribution in [0.1, 0.15) is 54.9 Å². The topological polar surface area (TPSA) is 35.5 Å². The Morgan fingerprint density at radius 3 is 2.39 bits per heavy atom. The number of rotatable bonds is 8. The molecule has 0 aliphatic rings. The van der Waals surface area contributed by atoms with Gasteiger partial charge in [-0.15, -0.1) is 0 Å². The maximum Gasteiger partial charge on any atom is 0.373 e. The van der Waals surface area contributed by atoms with Gasteiger partial charge in [-0.2, -0.15) is 4.89 Å². The third kappa shape index (κ3) is 5.82. The van der Waals surface area contributed by atoms with E-state index in [9.17, 15) is 4.79 Å². The molecule has 100 valence electrons. The molecule has 0 N–H and O–H groups in total. The van der Waals surface area contributed by atoms with Crippen molar-refractivity contribution in [1.29, 1.82) is 0 Å². The number of carbonyl (C=O) groups is 1. The van der Waals surface area contributed by atoms with Crippen LogP contribution in [0.4, 0.5) is 0 Å². The van der Waals surface area contributed by atoms with E-state index in [4.69, 9.17) is 9.78 Å². The molecular formula is C15H22O3. The average molecular weight is 250 g/mol. The molecule has 0 fully saturated rings. The molecule has 18 heavy (non-hydrogen) atoms. The van der Waals surface area contributed by atoms with E-state index in [2.05, 4.69) is 6.92 Å². The van der Waals surface area contributed by atoms with E-state index >= 15 is 0 Å². The van der Waals surface area contributed by atoms with Crippen LogP contribution >= 0.6 is 0 Å². The molecule has 0 atom stereocenters. The summed E-state index contributed by atoms with van der Waals surface area (Å²) in [7, 11) is 0. The Morgan fingerprint density at radius 2 is 1.72 bits per heavy atom. The van der Waals surface area contributed by atoms with E-state index in [1.54, 1.807) is 12.1 Å². The summed E-state index contributed by atoms with van der Waals surface area (Å²) in [6, 6.07) is 7.23. The predicted molar refractivity (Wildman–Crippen MR) is 71.3 cm³/mol. The molecule has 0 radical (unpaired) electrons. The first kappa shape index (κ1) is 14.7. The van der Waals surface area contributed by atoms with Gasteiger partial charge >= 0.3 is 5.97 Å². The summed E-state index contributed by atoms with van der Waals surface area (Å²) >= 11 is 0. The second-order valence-corrected chi connectivity index (χ2v) is 4.47. The van der Waals surface area contributed by atoms with Crippen molar-refractivity contribution >= 4 is 5.97 Å². The molecule has 3 heteroatoms. The molecule has 0 aromatic heterocycles. The highest BCUT2D eigenvalue weighted by Gasteiger charge is 2.07. The molecule has 1 aromatic carbocycles. The van der Waals surface area contributed by atoms with Gasteiger partial charge in [-0.25, -0.2) is 4.79 Å². The Bertz CT molecular complexity index is 343. The monoisotopic (exact) mass is 250 g/mol. The van der Waals surface area contributed by atoms with E-state index in [1.807, 2.05) is 19.1 Å². The summed E-state index contributed by atoms with van der Waals surface area (Å²) in [5.74, 6) is -0.427. The molecule has 0 heterocycles. The van der Waals surface area contributed by atoms with Gasteiger partial charge in [0.2, 0.25) is 0 Å². The number of unbranched alkanes of at least 4 members (excludes halogenated alkanes) is 4. The van der Waals surface area contributed by atoms with E-state index in [-0.39, 0.29) is 0 Å². The molecule has 0 amide bonds. The summed E-state index contributed by atoms with van der Waals surface area (Å²) in [5.41, 5.74) is 1.63. The zero-order chi connectivity index (χ0) is 13.2. The van der Waals surface area contributed by atoms with Crippen molar-refractivity contribution in [2.24, 2.45) is 0 Å². The minimum absolute atomic E-state index is 0.427. The van der Waals surface area contributed by atoms with Crippen LogP contribution in [0.25, 0.3) is 0 Å². The van der Waals surface area contributed by atoms with Crippen molar-refractivity contribution in [2.45, 2.75) is 46.0 Å². The van der Waals surface area contributed by atoms with Crippen LogP contribution in [0.5, 0.6) is 0 Å². The van der Waals surface area contributed by atoms with Crippen LogP contribution in [0.15, 0.2) is 24.3 Å². The molecular weight excluding hydrogens is 228 g/mol. The minimum atomic E-state index is -0.427. The van der Waals surface area contributed by atoms with Gasteiger partial charge in [-0.1, -0.05) is 50.3 Å². The van der Waals surface area contributed by atoms with Crippen LogP contribution in [-0.2, 0) is 9.78 Å². The Balaban J connectivity index is 2.12. The summed E-state index contributed by atoms with van der Waals surface area (Å²) in [6.45, 7) is 4.63. The van der Waals surface area contributed by atoms with Gasteiger partial charge in [-0.3, -0.25) is 4.89 Å². The van der Waals surface area contributed by atoms with Gasteiger partial charge in [-0.05, 0) is 25.5 Å². The highest BCUT2D eigenvalue weighted by atomic mass is 17.2. The summed E-state index contributed by atoms with van der Waals surface area (Å²) < 4.78 is 0. The van der Waals surface area contributed by atoms with Crippen LogP contribution in [0.2, 0.25) is 0 Å². The lowest BCUT2D eigenvalue weighted by atomic mass is 10.2. The number of hydrogen-bond acceptors (Lipinski definition) is 3. The molecule has 0 saturated heterocycles. The normalized spacial score (nSPS) is 10.3. The molecule has 0 aliphatic carbocycles. The van der Waals surface area contributed by atoms with E-state index < -0.39 is 5.97 Å². The number of benzene rings is 1. The van der Waals surface area contributed by atoms with Crippen molar-refractivity contribution in [3.05, 3.63) is 35.4 Å². The van der Waals surface area contributed by atoms with Crippen molar-refractivity contribution in [3.63, 3.8) is 0 Å². The molecule has 0 spiro atoms. The Kier molecular flexibility index (Phi) is 7.11. The molecule has 1 rings (SSSR count). The zero-order valence-electron chi connectivity index (χ0n) is 11.3. The maximum absolute atomic E-state index is 11.5. The first-order valence-electron chi connectivity index (χ1n) is 6.64. The van der Waals surface area contributed by atoms with Crippen molar-refractivity contribution in [1.82, 2.24) is 0 Å². The fourth-order valence-corrected chi connectivity index (χ4v) is 1.60. The third-order valence-electron chi connectivity index (χ3n) is 2.75. The van der Waals surface area contributed by atoms with Gasteiger partial charge in [0.1, 0.15) is 0 Å². The maximum atomic E-state index is 11.5. The second kappa shape index (κ2) is 8.70. The standard InChI is InChI=1S/C15H22O3/c1-3-4-5-6-7-12-17-18-15(16)14-10-8-13(2)9-11-14/h8-11H,3-7,12H2,1-2H3. The minimum Gasteiger partial charge on any atom is -0.293 e. The van der Waals surface area contributed by atoms with Gasteiger partial charge in [0.15, 0.2) is 0 Å². The first-order valence-corrected chi connectivity index (χ1v) is 6.64. The van der Waals surface area contributed by atoms with E-state index in [1.165, 1.54) is 19.3 Å². The van der Waals surface area contributed by atoms with Crippen molar-refractivity contribution < 1.29 is 14.6 Å². The molecule has 0 saturated carbocycles. The lowest BCUT2D eigenvalue weighted by molar-refractivity contribution is -0.241. The molecule has 0 unspecified atom stereocenters. The molecule has 0 aliphatic heterocycles. The zero-order valence-corrected chi connectivity index (χ0v) is 11.3. The summed E-state index contributed by atoms with van der Waals surface area (Å²) in [4.78, 5) is 21.2. The number of aryl methyl sites for hydroxylation is 1. The summed E-state index contributed by atoms with van der Waals surface area (Å²) in [5, 5.41) is 0. The first-order chi connectivity index (χ1) is 8.74. The third-order valence-corrected chi connectivity index (χ3v) is 2.75. The predicted octanol–water partition coefficient (Wildman–Crippen LogP) is 4.05. The highest BCUT2D eigenvalue weighted by Crippen LogP contribution is 2.06. The lowest BCUT2D eigenvalue weighted by Crippen LogP contribution is -2.06. The quantitative estimate of drug-likeness (QED) is 0.396. The molecule has 3 nitrogen and oxygen atoms in total. The Hall–Kier alpha value is -1.35. The van der Waals surface area contributed by atoms with Crippen LogP contribution in [0, 0.1) is 6.92 Å². The van der Waals surface area contributed by atoms with Crippen LogP contribution < -0.4 is 0 Å². The number of carbonyl (C=O) groups excluding carboxylic acids is 1. The van der Waals surface area contributed by atoms with Gasteiger partial charge < -0.3 is 0 Å². The lowest BCUT2D eigenvalue weighted by Gasteiger charge is -2.04. The number of hydrogen-bond donors (Lipinski definition) is 0. The fourth-order valence-electron chi connectivity index (χ4n) is 1.60. The smallest absolute Gasteiger partial charge is 0.293 e. The Labute approximate surface area is 109 Å². The van der Waals surface area contributed by atoms with Gasteiger partial charge in [0.25, 0.3) is 0 Å². The van der Waals surface area contributed by atoms with Crippen molar-refractivity contribution in [3.8, 4) is 0 Å². The van der Waals surface area contributed by atoms with Crippen LogP contribution in [-0.4, -0.2) is 12.6 Å². The van der Waals surface area contributed by atoms with Crippen LogP contribution in [0.3, 0.4) is 0 Å². The van der Waals surface area contributed by atoms with Gasteiger partial charge in [0, 0.05) is 0 Å². The molecule has 0 bridgehead atoms. The van der Waals surface area contributed by atoms with E-state index in [0.29, 0.717) is 12.2 Å². The second-order valence-electron chi connectivity index (χ2n) is 4.47. The average Bonchev–Trinajstić information content (AvgIpc) is 2.38.